The Labute approximate surface area is 171 Å². The Hall–Kier alpha value is -1.97. The summed E-state index contributed by atoms with van der Waals surface area (Å²) in [5.41, 5.74) is 5.46. The molecule has 3 aromatic carbocycles. The smallest absolute Gasteiger partial charge is 0.123 e. The fourth-order valence-corrected chi connectivity index (χ4v) is 4.07. The van der Waals surface area contributed by atoms with Crippen LogP contribution in [0.3, 0.4) is 0 Å². The van der Waals surface area contributed by atoms with E-state index in [0.717, 1.165) is 31.4 Å². The molecule has 3 heteroatoms. The highest BCUT2D eigenvalue weighted by molar-refractivity contribution is 8.93. The van der Waals surface area contributed by atoms with Crippen LogP contribution < -0.4 is 5.32 Å². The van der Waals surface area contributed by atoms with Crippen molar-refractivity contribution in [1.29, 1.82) is 0 Å². The third-order valence-corrected chi connectivity index (χ3v) is 5.45. The molecule has 27 heavy (non-hydrogen) atoms. The minimum Gasteiger partial charge on any atom is -0.309 e. The van der Waals surface area contributed by atoms with E-state index < -0.39 is 0 Å². The quantitative estimate of drug-likeness (QED) is 0.541. The summed E-state index contributed by atoms with van der Waals surface area (Å²) in [6, 6.07) is 26.8. The van der Waals surface area contributed by atoms with Gasteiger partial charge in [-0.3, -0.25) is 0 Å². The zero-order valence-electron chi connectivity index (χ0n) is 15.3. The molecule has 0 amide bonds. The highest BCUT2D eigenvalue weighted by atomic mass is 79.9. The normalized spacial score (nSPS) is 18.4. The van der Waals surface area contributed by atoms with Crippen LogP contribution in [0.2, 0.25) is 0 Å². The lowest BCUT2D eigenvalue weighted by atomic mass is 9.76. The van der Waals surface area contributed by atoms with Crippen LogP contribution in [0, 0.1) is 5.82 Å². The predicted octanol–water partition coefficient (Wildman–Crippen LogP) is 5.83. The van der Waals surface area contributed by atoms with Gasteiger partial charge in [0.2, 0.25) is 0 Å². The van der Waals surface area contributed by atoms with Gasteiger partial charge in [-0.2, -0.15) is 0 Å². The molecule has 0 heterocycles. The molecule has 1 N–H and O–H groups in total. The molecule has 3 aromatic rings. The van der Waals surface area contributed by atoms with Crippen molar-refractivity contribution >= 4 is 17.0 Å². The summed E-state index contributed by atoms with van der Waals surface area (Å²) in [7, 11) is 0. The number of rotatable bonds is 5. The maximum atomic E-state index is 13.1. The summed E-state index contributed by atoms with van der Waals surface area (Å²) in [5.74, 6) is 0.282. The zero-order chi connectivity index (χ0) is 17.8. The average molecular weight is 426 g/mol. The number of halogens is 2. The maximum absolute atomic E-state index is 13.1. The van der Waals surface area contributed by atoms with Crippen LogP contribution in [0.25, 0.3) is 0 Å². The first-order valence-electron chi connectivity index (χ1n) is 9.39. The fraction of sp³-hybridized carbons (Fsp3) is 0.250. The second-order valence-electron chi connectivity index (χ2n) is 7.15. The lowest BCUT2D eigenvalue weighted by molar-refractivity contribution is 0.383. The molecule has 2 atom stereocenters. The van der Waals surface area contributed by atoms with Gasteiger partial charge in [-0.05, 0) is 53.6 Å². The number of benzene rings is 3. The first-order valence-corrected chi connectivity index (χ1v) is 9.39. The molecule has 0 bridgehead atoms. The molecule has 0 fully saturated rings. The molecule has 0 unspecified atom stereocenters. The van der Waals surface area contributed by atoms with E-state index in [1.807, 2.05) is 12.1 Å². The minimum atomic E-state index is -0.178. The van der Waals surface area contributed by atoms with Gasteiger partial charge in [-0.1, -0.05) is 66.7 Å². The third-order valence-electron chi connectivity index (χ3n) is 5.45. The Bertz CT molecular complexity index is 848. The van der Waals surface area contributed by atoms with Crippen LogP contribution in [0.5, 0.6) is 0 Å². The predicted molar refractivity (Wildman–Crippen MR) is 115 cm³/mol. The van der Waals surface area contributed by atoms with E-state index in [-0.39, 0.29) is 22.8 Å². The van der Waals surface area contributed by atoms with E-state index in [1.54, 1.807) is 0 Å². The molecule has 1 aliphatic carbocycles. The Morgan fingerprint density at radius 1 is 0.815 bits per heavy atom. The van der Waals surface area contributed by atoms with Crippen molar-refractivity contribution in [2.75, 3.05) is 0 Å². The molecule has 140 valence electrons. The molecule has 0 aliphatic heterocycles. The highest BCUT2D eigenvalue weighted by Gasteiger charge is 2.29. The topological polar surface area (TPSA) is 12.0 Å². The van der Waals surface area contributed by atoms with Gasteiger partial charge in [0.05, 0.1) is 0 Å². The van der Waals surface area contributed by atoms with Gasteiger partial charge in [-0.25, -0.2) is 4.39 Å². The van der Waals surface area contributed by atoms with Crippen LogP contribution in [0.1, 0.15) is 34.6 Å². The number of fused-ring (bicyclic) bond motifs is 1. The van der Waals surface area contributed by atoms with E-state index in [0.29, 0.717) is 12.0 Å². The van der Waals surface area contributed by atoms with Crippen LogP contribution in [-0.2, 0) is 19.4 Å². The summed E-state index contributed by atoms with van der Waals surface area (Å²) in [5, 5.41) is 3.75. The lowest BCUT2D eigenvalue weighted by Crippen LogP contribution is -2.39. The van der Waals surface area contributed by atoms with Gasteiger partial charge in [0.1, 0.15) is 5.82 Å². The Morgan fingerprint density at radius 2 is 1.52 bits per heavy atom. The first kappa shape index (κ1) is 19.8. The van der Waals surface area contributed by atoms with Gasteiger partial charge >= 0.3 is 0 Å². The largest absolute Gasteiger partial charge is 0.309 e. The van der Waals surface area contributed by atoms with Crippen molar-refractivity contribution in [3.8, 4) is 0 Å². The van der Waals surface area contributed by atoms with Gasteiger partial charge in [-0.15, -0.1) is 17.0 Å². The number of hydrogen-bond acceptors (Lipinski definition) is 1. The summed E-state index contributed by atoms with van der Waals surface area (Å²) >= 11 is 0. The number of hydrogen-bond donors (Lipinski definition) is 1. The standard InChI is InChI=1S/C24H24FN.BrH/c25-21-13-10-19(11-14-21)17-26-24-15-12-20-8-4-5-9-22(20)23(24)16-18-6-2-1-3-7-18;/h1-11,13-14,23-24,26H,12,15-17H2;1H/t23-,24+;/m0./s1. The molecule has 1 nitrogen and oxygen atoms in total. The summed E-state index contributed by atoms with van der Waals surface area (Å²) in [6.07, 6.45) is 3.29. The van der Waals surface area contributed by atoms with Crippen molar-refractivity contribution in [3.05, 3.63) is 107 Å². The fourth-order valence-electron chi connectivity index (χ4n) is 4.07. The molecular weight excluding hydrogens is 401 g/mol. The lowest BCUT2D eigenvalue weighted by Gasteiger charge is -2.35. The van der Waals surface area contributed by atoms with Crippen molar-refractivity contribution in [3.63, 3.8) is 0 Å². The van der Waals surface area contributed by atoms with Crippen molar-refractivity contribution in [2.24, 2.45) is 0 Å². The van der Waals surface area contributed by atoms with Gasteiger partial charge < -0.3 is 5.32 Å². The highest BCUT2D eigenvalue weighted by Crippen LogP contribution is 2.34. The second kappa shape index (κ2) is 9.29. The molecule has 4 rings (SSSR count). The van der Waals surface area contributed by atoms with Gasteiger partial charge in [0.25, 0.3) is 0 Å². The summed E-state index contributed by atoms with van der Waals surface area (Å²) in [6.45, 7) is 0.776. The molecule has 0 radical (unpaired) electrons. The summed E-state index contributed by atoms with van der Waals surface area (Å²) < 4.78 is 13.1. The Morgan fingerprint density at radius 3 is 2.30 bits per heavy atom. The molecule has 0 saturated heterocycles. The van der Waals surface area contributed by atoms with E-state index in [1.165, 1.54) is 28.8 Å². The maximum Gasteiger partial charge on any atom is 0.123 e. The van der Waals surface area contributed by atoms with E-state index >= 15 is 0 Å². The van der Waals surface area contributed by atoms with Crippen molar-refractivity contribution in [2.45, 2.75) is 37.8 Å². The average Bonchev–Trinajstić information content (AvgIpc) is 2.69. The van der Waals surface area contributed by atoms with E-state index in [9.17, 15) is 4.39 Å². The Kier molecular flexibility index (Phi) is 6.81. The molecule has 0 saturated carbocycles. The SMILES string of the molecule is Br.Fc1ccc(CN[C@@H]2CCc3ccccc3[C@@H]2Cc2ccccc2)cc1. The van der Waals surface area contributed by atoms with Gasteiger partial charge in [0, 0.05) is 18.5 Å². The van der Waals surface area contributed by atoms with Crippen molar-refractivity contribution < 1.29 is 4.39 Å². The monoisotopic (exact) mass is 425 g/mol. The van der Waals surface area contributed by atoms with Crippen LogP contribution in [0.4, 0.5) is 4.39 Å². The van der Waals surface area contributed by atoms with Crippen molar-refractivity contribution in [1.82, 2.24) is 5.32 Å². The molecular formula is C24H25BrFN. The Balaban J connectivity index is 0.00000210. The molecule has 1 aliphatic rings. The first-order chi connectivity index (χ1) is 12.8. The van der Waals surface area contributed by atoms with E-state index in [4.69, 9.17) is 0 Å². The zero-order valence-corrected chi connectivity index (χ0v) is 17.0. The number of nitrogens with one attached hydrogen (secondary N) is 1. The van der Waals surface area contributed by atoms with Crippen LogP contribution in [0.15, 0.2) is 78.9 Å². The van der Waals surface area contributed by atoms with Crippen LogP contribution >= 0.6 is 17.0 Å². The second-order valence-corrected chi connectivity index (χ2v) is 7.15. The molecule has 0 spiro atoms. The summed E-state index contributed by atoms with van der Waals surface area (Å²) in [4.78, 5) is 0. The third kappa shape index (κ3) is 4.85. The van der Waals surface area contributed by atoms with E-state index in [2.05, 4.69) is 59.9 Å². The number of aryl methyl sites for hydroxylation is 1. The minimum absolute atomic E-state index is 0. The molecule has 0 aromatic heterocycles. The van der Waals surface area contributed by atoms with Crippen LogP contribution in [-0.4, -0.2) is 6.04 Å². The van der Waals surface area contributed by atoms with Gasteiger partial charge in [0.15, 0.2) is 0 Å².